The molecule has 0 bridgehead atoms. The molecule has 0 radical (unpaired) electrons. The third-order valence-electron chi connectivity index (χ3n) is 3.61. The Kier molecular flexibility index (Phi) is 5.25. The third kappa shape index (κ3) is 3.24. The van der Waals surface area contributed by atoms with Gasteiger partial charge in [0.2, 0.25) is 0 Å². The summed E-state index contributed by atoms with van der Waals surface area (Å²) in [5, 5.41) is 12.1. The predicted octanol–water partition coefficient (Wildman–Crippen LogP) is 2.08. The number of benzene rings is 1. The summed E-state index contributed by atoms with van der Waals surface area (Å²) in [5.74, 6) is 0.142. The fourth-order valence-corrected chi connectivity index (χ4v) is 3.17. The van der Waals surface area contributed by atoms with E-state index in [4.69, 9.17) is 10.9 Å². The van der Waals surface area contributed by atoms with E-state index in [-0.39, 0.29) is 5.84 Å². The first-order valence-corrected chi connectivity index (χ1v) is 7.70. The average Bonchev–Trinajstić information content (AvgIpc) is 2.47. The molecule has 0 unspecified atom stereocenters. The van der Waals surface area contributed by atoms with Gasteiger partial charge in [-0.3, -0.25) is 4.90 Å². The lowest BCUT2D eigenvalue weighted by Crippen LogP contribution is -2.47. The topological polar surface area (TPSA) is 65.1 Å². The van der Waals surface area contributed by atoms with Gasteiger partial charge in [-0.05, 0) is 41.0 Å². The molecule has 1 aromatic carbocycles. The normalized spacial score (nSPS) is 17.5. The first kappa shape index (κ1) is 15.1. The van der Waals surface area contributed by atoms with Crippen LogP contribution in [0.1, 0.15) is 18.9 Å². The van der Waals surface area contributed by atoms with Crippen molar-refractivity contribution in [3.8, 4) is 0 Å². The highest BCUT2D eigenvalue weighted by atomic mass is 79.9. The van der Waals surface area contributed by atoms with E-state index in [9.17, 15) is 0 Å². The third-order valence-corrected chi connectivity index (χ3v) is 4.27. The molecule has 0 spiro atoms. The van der Waals surface area contributed by atoms with Crippen molar-refractivity contribution in [3.05, 3.63) is 28.2 Å². The van der Waals surface area contributed by atoms with E-state index < -0.39 is 0 Å². The summed E-state index contributed by atoms with van der Waals surface area (Å²) in [4.78, 5) is 4.77. The summed E-state index contributed by atoms with van der Waals surface area (Å²) in [6, 6.07) is 5.91. The van der Waals surface area contributed by atoms with Crippen molar-refractivity contribution in [2.24, 2.45) is 10.9 Å². The summed E-state index contributed by atoms with van der Waals surface area (Å²) in [5.41, 5.74) is 7.59. The lowest BCUT2D eigenvalue weighted by Gasteiger charge is -2.36. The van der Waals surface area contributed by atoms with Gasteiger partial charge in [0.15, 0.2) is 5.84 Å². The highest BCUT2D eigenvalue weighted by molar-refractivity contribution is 9.10. The minimum atomic E-state index is 0.142. The zero-order valence-corrected chi connectivity index (χ0v) is 13.3. The quantitative estimate of drug-likeness (QED) is 0.381. The minimum Gasteiger partial charge on any atom is -0.409 e. The lowest BCUT2D eigenvalue weighted by atomic mass is 10.1. The number of anilines is 1. The summed E-state index contributed by atoms with van der Waals surface area (Å²) < 4.78 is 0.848. The van der Waals surface area contributed by atoms with Crippen LogP contribution in [0, 0.1) is 0 Å². The molecule has 0 aromatic heterocycles. The van der Waals surface area contributed by atoms with Gasteiger partial charge in [-0.1, -0.05) is 18.1 Å². The van der Waals surface area contributed by atoms with Crippen molar-refractivity contribution < 1.29 is 5.21 Å². The molecule has 1 aliphatic heterocycles. The fourth-order valence-electron chi connectivity index (χ4n) is 2.61. The molecule has 2 rings (SSSR count). The summed E-state index contributed by atoms with van der Waals surface area (Å²) >= 11 is 3.48. The second-order valence-corrected chi connectivity index (χ2v) is 5.80. The highest BCUT2D eigenvalue weighted by Crippen LogP contribution is 2.28. The van der Waals surface area contributed by atoms with Crippen molar-refractivity contribution in [2.75, 3.05) is 37.6 Å². The van der Waals surface area contributed by atoms with Crippen molar-refractivity contribution in [2.45, 2.75) is 13.3 Å². The van der Waals surface area contributed by atoms with Gasteiger partial charge in [-0.15, -0.1) is 0 Å². The maximum Gasteiger partial charge on any atom is 0.173 e. The van der Waals surface area contributed by atoms with E-state index in [1.807, 2.05) is 18.2 Å². The maximum atomic E-state index is 8.96. The summed E-state index contributed by atoms with van der Waals surface area (Å²) in [6.07, 6.45) is 1.19. The Hall–Kier alpha value is -1.27. The standard InChI is InChI=1S/C14H21BrN4O/c1-2-6-18-7-9-19(10-8-18)12-5-3-4-11(15)13(12)14(16)17-20/h3-5,20H,2,6-10H2,1H3,(H2,16,17). The number of nitrogens with two attached hydrogens (primary N) is 1. The van der Waals surface area contributed by atoms with Gasteiger partial charge in [-0.25, -0.2) is 0 Å². The van der Waals surface area contributed by atoms with Crippen molar-refractivity contribution in [1.29, 1.82) is 0 Å². The molecule has 3 N–H and O–H groups in total. The largest absolute Gasteiger partial charge is 0.409 e. The zero-order valence-electron chi connectivity index (χ0n) is 11.7. The molecule has 110 valence electrons. The van der Waals surface area contributed by atoms with E-state index >= 15 is 0 Å². The molecule has 6 heteroatoms. The fraction of sp³-hybridized carbons (Fsp3) is 0.500. The zero-order chi connectivity index (χ0) is 14.5. The number of hydrogen-bond acceptors (Lipinski definition) is 4. The second kappa shape index (κ2) is 6.95. The van der Waals surface area contributed by atoms with Gasteiger partial charge in [0.25, 0.3) is 0 Å². The van der Waals surface area contributed by atoms with Gasteiger partial charge in [-0.2, -0.15) is 0 Å². The van der Waals surface area contributed by atoms with E-state index in [0.29, 0.717) is 0 Å². The van der Waals surface area contributed by atoms with E-state index in [2.05, 4.69) is 37.8 Å². The first-order chi connectivity index (χ1) is 9.67. The smallest absolute Gasteiger partial charge is 0.173 e. The van der Waals surface area contributed by atoms with Crippen LogP contribution in [0.25, 0.3) is 0 Å². The Morgan fingerprint density at radius 3 is 2.65 bits per heavy atom. The molecule has 1 aromatic rings. The molecule has 1 aliphatic rings. The Morgan fingerprint density at radius 2 is 2.05 bits per heavy atom. The van der Waals surface area contributed by atoms with Gasteiger partial charge in [0.1, 0.15) is 0 Å². The Balaban J connectivity index is 2.20. The van der Waals surface area contributed by atoms with Crippen LogP contribution in [0.2, 0.25) is 0 Å². The number of halogens is 1. The molecule has 20 heavy (non-hydrogen) atoms. The summed E-state index contributed by atoms with van der Waals surface area (Å²) in [6.45, 7) is 7.38. The van der Waals surface area contributed by atoms with Crippen molar-refractivity contribution >= 4 is 27.5 Å². The SMILES string of the molecule is CCCN1CCN(c2cccc(Br)c2/C(N)=N/O)CC1. The molecule has 0 saturated carbocycles. The number of amidine groups is 1. The number of nitrogens with zero attached hydrogens (tertiary/aromatic N) is 3. The average molecular weight is 341 g/mol. The van der Waals surface area contributed by atoms with Crippen LogP contribution in [-0.4, -0.2) is 48.7 Å². The molecule has 0 amide bonds. The van der Waals surface area contributed by atoms with Crippen LogP contribution in [0.4, 0.5) is 5.69 Å². The summed E-state index contributed by atoms with van der Waals surface area (Å²) in [7, 11) is 0. The van der Waals surface area contributed by atoms with E-state index in [1.54, 1.807) is 0 Å². The monoisotopic (exact) mass is 340 g/mol. The van der Waals surface area contributed by atoms with Crippen LogP contribution >= 0.6 is 15.9 Å². The molecule has 1 fully saturated rings. The van der Waals surface area contributed by atoms with Crippen molar-refractivity contribution in [3.63, 3.8) is 0 Å². The van der Waals surface area contributed by atoms with Gasteiger partial charge in [0, 0.05) is 36.3 Å². The lowest BCUT2D eigenvalue weighted by molar-refractivity contribution is 0.258. The van der Waals surface area contributed by atoms with Gasteiger partial charge in [0.05, 0.1) is 5.56 Å². The molecule has 1 saturated heterocycles. The second-order valence-electron chi connectivity index (χ2n) is 4.95. The Bertz CT molecular complexity index is 484. The highest BCUT2D eigenvalue weighted by Gasteiger charge is 2.21. The number of rotatable bonds is 4. The Morgan fingerprint density at radius 1 is 1.35 bits per heavy atom. The van der Waals surface area contributed by atoms with Gasteiger partial charge < -0.3 is 15.8 Å². The molecule has 0 aliphatic carbocycles. The van der Waals surface area contributed by atoms with Crippen LogP contribution in [0.5, 0.6) is 0 Å². The van der Waals surface area contributed by atoms with Gasteiger partial charge >= 0.3 is 0 Å². The number of oxime groups is 1. The molecule has 0 atom stereocenters. The van der Waals surface area contributed by atoms with E-state index in [0.717, 1.165) is 48.4 Å². The number of piperazine rings is 1. The number of hydrogen-bond donors (Lipinski definition) is 2. The van der Waals surface area contributed by atoms with Crippen LogP contribution < -0.4 is 10.6 Å². The van der Waals surface area contributed by atoms with Crippen molar-refractivity contribution in [1.82, 2.24) is 4.90 Å². The van der Waals surface area contributed by atoms with Crippen LogP contribution in [0.15, 0.2) is 27.8 Å². The molecule has 5 nitrogen and oxygen atoms in total. The molecular formula is C14H21BrN4O. The predicted molar refractivity (Wildman–Crippen MR) is 85.6 cm³/mol. The molecule has 1 heterocycles. The minimum absolute atomic E-state index is 0.142. The van der Waals surface area contributed by atoms with Crippen LogP contribution in [-0.2, 0) is 0 Å². The van der Waals surface area contributed by atoms with E-state index in [1.165, 1.54) is 6.42 Å². The van der Waals surface area contributed by atoms with Crippen LogP contribution in [0.3, 0.4) is 0 Å². The molecular weight excluding hydrogens is 320 g/mol. The maximum absolute atomic E-state index is 8.96. The Labute approximate surface area is 128 Å². The first-order valence-electron chi connectivity index (χ1n) is 6.91.